The minimum atomic E-state index is -4.19. The van der Waals surface area contributed by atoms with Gasteiger partial charge in [-0.3, -0.25) is 0 Å². The summed E-state index contributed by atoms with van der Waals surface area (Å²) in [6.07, 6.45) is -4.07. The number of hydrogen-bond donors (Lipinski definition) is 1. The first-order valence-electron chi connectivity index (χ1n) is 6.46. The molecule has 0 aliphatic heterocycles. The normalized spacial score (nSPS) is 27.4. The van der Waals surface area contributed by atoms with Crippen LogP contribution in [-0.2, 0) is 5.54 Å². The fourth-order valence-electron chi connectivity index (χ4n) is 2.76. The van der Waals surface area contributed by atoms with Gasteiger partial charge in [0.05, 0.1) is 13.0 Å². The molecule has 0 spiro atoms. The molecule has 112 valence electrons. The van der Waals surface area contributed by atoms with Gasteiger partial charge in [0.25, 0.3) is 0 Å². The Balaban J connectivity index is 2.17. The van der Waals surface area contributed by atoms with Gasteiger partial charge in [-0.05, 0) is 31.7 Å². The predicted octanol–water partition coefficient (Wildman–Crippen LogP) is 3.74. The van der Waals surface area contributed by atoms with Crippen LogP contribution in [0.1, 0.15) is 31.2 Å². The third kappa shape index (κ3) is 2.90. The Bertz CT molecular complexity index is 479. The minimum Gasteiger partial charge on any atom is -0.497 e. The number of benzene rings is 1. The molecule has 1 saturated carbocycles. The summed E-state index contributed by atoms with van der Waals surface area (Å²) in [5.41, 5.74) is 5.36. The van der Waals surface area contributed by atoms with Crippen molar-refractivity contribution < 1.29 is 22.3 Å². The van der Waals surface area contributed by atoms with Crippen LogP contribution in [0.15, 0.2) is 18.2 Å². The van der Waals surface area contributed by atoms with Gasteiger partial charge in [0.1, 0.15) is 11.6 Å². The monoisotopic (exact) mass is 291 g/mol. The third-order valence-electron chi connectivity index (χ3n) is 4.05. The van der Waals surface area contributed by atoms with Gasteiger partial charge < -0.3 is 10.5 Å². The van der Waals surface area contributed by atoms with Crippen LogP contribution in [0.3, 0.4) is 0 Å². The average Bonchev–Trinajstić information content (AvgIpc) is 2.37. The maximum absolute atomic E-state index is 14.0. The molecule has 0 saturated heterocycles. The first-order chi connectivity index (χ1) is 9.26. The molecular weight excluding hydrogens is 274 g/mol. The second-order valence-corrected chi connectivity index (χ2v) is 5.32. The molecule has 1 aliphatic rings. The van der Waals surface area contributed by atoms with Gasteiger partial charge in [0.2, 0.25) is 0 Å². The van der Waals surface area contributed by atoms with Gasteiger partial charge in [-0.2, -0.15) is 13.2 Å². The summed E-state index contributed by atoms with van der Waals surface area (Å²) in [5.74, 6) is -1.50. The standard InChI is InChI=1S/C14H17F4NO/c1-20-10-2-3-11(12(15)8-10)13(19)6-4-9(5-7-13)14(16,17)18/h2-3,8-9H,4-7,19H2,1H3. The molecule has 0 aromatic heterocycles. The fourth-order valence-corrected chi connectivity index (χ4v) is 2.76. The predicted molar refractivity (Wildman–Crippen MR) is 66.8 cm³/mol. The summed E-state index contributed by atoms with van der Waals surface area (Å²) in [4.78, 5) is 0. The van der Waals surface area contributed by atoms with E-state index in [1.807, 2.05) is 0 Å². The number of nitrogens with two attached hydrogens (primary N) is 1. The van der Waals surface area contributed by atoms with E-state index in [1.165, 1.54) is 19.2 Å². The van der Waals surface area contributed by atoms with Gasteiger partial charge in [0.15, 0.2) is 0 Å². The topological polar surface area (TPSA) is 35.2 Å². The molecule has 0 unspecified atom stereocenters. The molecule has 6 heteroatoms. The van der Waals surface area contributed by atoms with E-state index in [0.717, 1.165) is 0 Å². The van der Waals surface area contributed by atoms with Crippen molar-refractivity contribution in [3.05, 3.63) is 29.6 Å². The Morgan fingerprint density at radius 1 is 1.25 bits per heavy atom. The Kier molecular flexibility index (Phi) is 3.95. The fraction of sp³-hybridized carbons (Fsp3) is 0.571. The summed E-state index contributed by atoms with van der Waals surface area (Å²) in [7, 11) is 1.42. The van der Waals surface area contributed by atoms with E-state index < -0.39 is 23.5 Å². The molecule has 2 N–H and O–H groups in total. The number of halogens is 4. The third-order valence-corrected chi connectivity index (χ3v) is 4.05. The largest absolute Gasteiger partial charge is 0.497 e. The van der Waals surface area contributed by atoms with Gasteiger partial charge in [-0.25, -0.2) is 4.39 Å². The molecule has 20 heavy (non-hydrogen) atoms. The van der Waals surface area contributed by atoms with Crippen LogP contribution in [0.4, 0.5) is 17.6 Å². The van der Waals surface area contributed by atoms with E-state index in [-0.39, 0.29) is 31.2 Å². The summed E-state index contributed by atoms with van der Waals surface area (Å²) < 4.78 is 56.8. The highest BCUT2D eigenvalue weighted by Crippen LogP contribution is 2.44. The highest BCUT2D eigenvalue weighted by Gasteiger charge is 2.45. The van der Waals surface area contributed by atoms with E-state index in [1.54, 1.807) is 6.07 Å². The molecule has 0 atom stereocenters. The molecule has 1 fully saturated rings. The van der Waals surface area contributed by atoms with Crippen molar-refractivity contribution in [2.75, 3.05) is 7.11 Å². The Hall–Kier alpha value is -1.30. The second kappa shape index (κ2) is 5.24. The summed E-state index contributed by atoms with van der Waals surface area (Å²) >= 11 is 0. The lowest BCUT2D eigenvalue weighted by atomic mass is 9.73. The highest BCUT2D eigenvalue weighted by molar-refractivity contribution is 5.33. The molecule has 0 bridgehead atoms. The van der Waals surface area contributed by atoms with Gasteiger partial charge in [-0.15, -0.1) is 0 Å². The van der Waals surface area contributed by atoms with Crippen LogP contribution in [-0.4, -0.2) is 13.3 Å². The van der Waals surface area contributed by atoms with Crippen molar-refractivity contribution in [1.29, 1.82) is 0 Å². The average molecular weight is 291 g/mol. The summed E-state index contributed by atoms with van der Waals surface area (Å²) in [6, 6.07) is 4.28. The highest BCUT2D eigenvalue weighted by atomic mass is 19.4. The number of methoxy groups -OCH3 is 1. The summed E-state index contributed by atoms with van der Waals surface area (Å²) in [5, 5.41) is 0. The van der Waals surface area contributed by atoms with Crippen LogP contribution in [0.2, 0.25) is 0 Å². The van der Waals surface area contributed by atoms with Crippen molar-refractivity contribution in [3.63, 3.8) is 0 Å². The molecule has 1 aromatic rings. The lowest BCUT2D eigenvalue weighted by Gasteiger charge is -2.38. The Morgan fingerprint density at radius 3 is 2.30 bits per heavy atom. The van der Waals surface area contributed by atoms with Gasteiger partial charge in [0, 0.05) is 17.2 Å². The maximum Gasteiger partial charge on any atom is 0.391 e. The molecule has 0 heterocycles. The van der Waals surface area contributed by atoms with Crippen LogP contribution < -0.4 is 10.5 Å². The van der Waals surface area contributed by atoms with Crippen molar-refractivity contribution in [1.82, 2.24) is 0 Å². The van der Waals surface area contributed by atoms with Crippen molar-refractivity contribution in [3.8, 4) is 5.75 Å². The zero-order valence-electron chi connectivity index (χ0n) is 11.1. The van der Waals surface area contributed by atoms with E-state index in [2.05, 4.69) is 0 Å². The maximum atomic E-state index is 14.0. The van der Waals surface area contributed by atoms with Crippen molar-refractivity contribution >= 4 is 0 Å². The van der Waals surface area contributed by atoms with Crippen LogP contribution >= 0.6 is 0 Å². The first-order valence-corrected chi connectivity index (χ1v) is 6.46. The number of rotatable bonds is 2. The molecule has 0 radical (unpaired) electrons. The molecule has 2 rings (SSSR count). The van der Waals surface area contributed by atoms with E-state index >= 15 is 0 Å². The Morgan fingerprint density at radius 2 is 1.85 bits per heavy atom. The molecule has 2 nitrogen and oxygen atoms in total. The molecular formula is C14H17F4NO. The number of alkyl halides is 3. The lowest BCUT2D eigenvalue weighted by molar-refractivity contribution is -0.184. The number of hydrogen-bond acceptors (Lipinski definition) is 2. The lowest BCUT2D eigenvalue weighted by Crippen LogP contribution is -2.43. The SMILES string of the molecule is COc1ccc(C2(N)CCC(C(F)(F)F)CC2)c(F)c1. The molecule has 0 amide bonds. The van der Waals surface area contributed by atoms with Crippen LogP contribution in [0, 0.1) is 11.7 Å². The summed E-state index contributed by atoms with van der Waals surface area (Å²) in [6.45, 7) is 0. The quantitative estimate of drug-likeness (QED) is 0.842. The van der Waals surface area contributed by atoms with Gasteiger partial charge >= 0.3 is 6.18 Å². The van der Waals surface area contributed by atoms with E-state index in [4.69, 9.17) is 10.5 Å². The van der Waals surface area contributed by atoms with E-state index in [0.29, 0.717) is 5.75 Å². The van der Waals surface area contributed by atoms with Crippen LogP contribution in [0.25, 0.3) is 0 Å². The first kappa shape index (κ1) is 15.1. The Labute approximate surface area is 114 Å². The smallest absolute Gasteiger partial charge is 0.391 e. The number of ether oxygens (including phenoxy) is 1. The molecule has 1 aromatic carbocycles. The molecule has 1 aliphatic carbocycles. The van der Waals surface area contributed by atoms with E-state index in [9.17, 15) is 17.6 Å². The van der Waals surface area contributed by atoms with Gasteiger partial charge in [-0.1, -0.05) is 6.07 Å². The van der Waals surface area contributed by atoms with Crippen LogP contribution in [0.5, 0.6) is 5.75 Å². The zero-order chi connectivity index (χ0) is 15.0. The zero-order valence-corrected chi connectivity index (χ0v) is 11.1. The second-order valence-electron chi connectivity index (χ2n) is 5.32. The van der Waals surface area contributed by atoms with Crippen molar-refractivity contribution in [2.24, 2.45) is 11.7 Å². The minimum absolute atomic E-state index is 0.0640. The van der Waals surface area contributed by atoms with Crippen molar-refractivity contribution in [2.45, 2.75) is 37.4 Å².